The fraction of sp³-hybridized carbons (Fsp3) is 0.462. The highest BCUT2D eigenvalue weighted by atomic mass is 16.5. The van der Waals surface area contributed by atoms with Crippen LogP contribution in [0.1, 0.15) is 18.4 Å². The third-order valence-electron chi connectivity index (χ3n) is 3.36. The van der Waals surface area contributed by atoms with Gasteiger partial charge in [-0.05, 0) is 18.1 Å². The molecule has 0 radical (unpaired) electrons. The first-order valence-electron chi connectivity index (χ1n) is 5.90. The van der Waals surface area contributed by atoms with Crippen LogP contribution in [0.2, 0.25) is 0 Å². The highest BCUT2D eigenvalue weighted by molar-refractivity contribution is 5.80. The van der Waals surface area contributed by atoms with Crippen LogP contribution in [0, 0.1) is 5.41 Å². The van der Waals surface area contributed by atoms with Crippen molar-refractivity contribution in [3.63, 3.8) is 0 Å². The molecular weight excluding hydrogens is 200 g/mol. The molecule has 1 N–H and O–H groups in total. The Balaban J connectivity index is 1.66. The summed E-state index contributed by atoms with van der Waals surface area (Å²) in [6, 6.07) is 8.23. The monoisotopic (exact) mass is 216 g/mol. The van der Waals surface area contributed by atoms with Gasteiger partial charge in [0.25, 0.3) is 0 Å². The Hall–Kier alpha value is -1.51. The zero-order valence-corrected chi connectivity index (χ0v) is 9.28. The van der Waals surface area contributed by atoms with E-state index >= 15 is 0 Å². The Morgan fingerprint density at radius 2 is 2.25 bits per heavy atom. The standard InChI is InChI=1S/C13H16N2O/c14-13-6-3-7-15(13)9-11-8-10-4-1-2-5-12(10)16-11/h1-2,4-5,11,14H,3,6-9H2. The van der Waals surface area contributed by atoms with Crippen molar-refractivity contribution in [2.24, 2.45) is 0 Å². The molecule has 0 aliphatic carbocycles. The minimum absolute atomic E-state index is 0.232. The fourth-order valence-corrected chi connectivity index (χ4v) is 2.53. The van der Waals surface area contributed by atoms with Gasteiger partial charge in [-0.15, -0.1) is 0 Å². The van der Waals surface area contributed by atoms with Gasteiger partial charge >= 0.3 is 0 Å². The Morgan fingerprint density at radius 1 is 1.38 bits per heavy atom. The van der Waals surface area contributed by atoms with Gasteiger partial charge in [-0.1, -0.05) is 18.2 Å². The molecule has 1 aromatic carbocycles. The van der Waals surface area contributed by atoms with Crippen molar-refractivity contribution in [1.29, 1.82) is 5.41 Å². The van der Waals surface area contributed by atoms with Gasteiger partial charge in [0.1, 0.15) is 11.9 Å². The number of hydrogen-bond acceptors (Lipinski definition) is 2. The van der Waals surface area contributed by atoms with Crippen molar-refractivity contribution < 1.29 is 4.74 Å². The lowest BCUT2D eigenvalue weighted by atomic mass is 10.1. The predicted molar refractivity (Wildman–Crippen MR) is 63.1 cm³/mol. The normalized spacial score (nSPS) is 23.4. The van der Waals surface area contributed by atoms with Crippen LogP contribution in [0.15, 0.2) is 24.3 Å². The average Bonchev–Trinajstić information content (AvgIpc) is 2.85. The Bertz CT molecular complexity index is 391. The molecule has 1 aromatic rings. The lowest BCUT2D eigenvalue weighted by molar-refractivity contribution is 0.195. The lowest BCUT2D eigenvalue weighted by Gasteiger charge is -2.21. The van der Waals surface area contributed by atoms with E-state index in [-0.39, 0.29) is 6.10 Å². The number of nitrogens with one attached hydrogen (secondary N) is 1. The molecule has 2 heterocycles. The molecule has 3 heteroatoms. The maximum absolute atomic E-state index is 7.80. The molecule has 84 valence electrons. The highest BCUT2D eigenvalue weighted by Crippen LogP contribution is 2.29. The molecule has 2 aliphatic rings. The van der Waals surface area contributed by atoms with Crippen molar-refractivity contribution in [1.82, 2.24) is 4.90 Å². The molecule has 2 aliphatic heterocycles. The van der Waals surface area contributed by atoms with E-state index in [1.54, 1.807) is 0 Å². The summed E-state index contributed by atoms with van der Waals surface area (Å²) in [5, 5.41) is 7.80. The van der Waals surface area contributed by atoms with E-state index in [2.05, 4.69) is 17.0 Å². The van der Waals surface area contributed by atoms with Crippen molar-refractivity contribution in [3.05, 3.63) is 29.8 Å². The van der Waals surface area contributed by atoms with Crippen LogP contribution >= 0.6 is 0 Å². The van der Waals surface area contributed by atoms with Crippen LogP contribution in [0.5, 0.6) is 5.75 Å². The van der Waals surface area contributed by atoms with E-state index in [1.165, 1.54) is 5.56 Å². The van der Waals surface area contributed by atoms with Crippen LogP contribution in [0.3, 0.4) is 0 Å². The van der Waals surface area contributed by atoms with Gasteiger partial charge in [0, 0.05) is 19.4 Å². The topological polar surface area (TPSA) is 36.3 Å². The van der Waals surface area contributed by atoms with E-state index in [0.717, 1.165) is 43.9 Å². The van der Waals surface area contributed by atoms with Gasteiger partial charge in [0.05, 0.1) is 12.4 Å². The number of nitrogens with zero attached hydrogens (tertiary/aromatic N) is 1. The number of likely N-dealkylation sites (tertiary alicyclic amines) is 1. The van der Waals surface area contributed by atoms with Gasteiger partial charge in [-0.3, -0.25) is 5.41 Å². The second kappa shape index (κ2) is 3.81. The molecule has 1 fully saturated rings. The van der Waals surface area contributed by atoms with Crippen molar-refractivity contribution >= 4 is 5.84 Å². The predicted octanol–water partition coefficient (Wildman–Crippen LogP) is 2.06. The highest BCUT2D eigenvalue weighted by Gasteiger charge is 2.27. The van der Waals surface area contributed by atoms with Gasteiger partial charge in [0.2, 0.25) is 0 Å². The number of fused-ring (bicyclic) bond motifs is 1. The molecule has 0 spiro atoms. The SMILES string of the molecule is N=C1CCCN1CC1Cc2ccccc2O1. The number of rotatable bonds is 2. The number of amidine groups is 1. The smallest absolute Gasteiger partial charge is 0.123 e. The molecule has 16 heavy (non-hydrogen) atoms. The zero-order valence-electron chi connectivity index (χ0n) is 9.28. The fourth-order valence-electron chi connectivity index (χ4n) is 2.53. The van der Waals surface area contributed by atoms with Crippen LogP contribution in [-0.4, -0.2) is 29.9 Å². The minimum Gasteiger partial charge on any atom is -0.488 e. The Labute approximate surface area is 95.5 Å². The Morgan fingerprint density at radius 3 is 3.00 bits per heavy atom. The molecule has 1 atom stereocenters. The second-order valence-electron chi connectivity index (χ2n) is 4.55. The van der Waals surface area contributed by atoms with Gasteiger partial charge in [0.15, 0.2) is 0 Å². The number of para-hydroxylation sites is 1. The maximum Gasteiger partial charge on any atom is 0.123 e. The summed E-state index contributed by atoms with van der Waals surface area (Å²) in [4.78, 5) is 2.15. The third-order valence-corrected chi connectivity index (χ3v) is 3.36. The number of hydrogen-bond donors (Lipinski definition) is 1. The molecule has 0 bridgehead atoms. The van der Waals surface area contributed by atoms with E-state index < -0.39 is 0 Å². The van der Waals surface area contributed by atoms with E-state index in [0.29, 0.717) is 0 Å². The quantitative estimate of drug-likeness (QED) is 0.821. The number of benzene rings is 1. The summed E-state index contributed by atoms with van der Waals surface area (Å²) in [6.07, 6.45) is 3.27. The minimum atomic E-state index is 0.232. The van der Waals surface area contributed by atoms with Crippen molar-refractivity contribution in [2.75, 3.05) is 13.1 Å². The first-order valence-corrected chi connectivity index (χ1v) is 5.90. The zero-order chi connectivity index (χ0) is 11.0. The van der Waals surface area contributed by atoms with Gasteiger partial charge in [-0.25, -0.2) is 0 Å². The largest absolute Gasteiger partial charge is 0.488 e. The molecule has 0 saturated carbocycles. The van der Waals surface area contributed by atoms with Crippen LogP contribution in [0.4, 0.5) is 0 Å². The lowest BCUT2D eigenvalue weighted by Crippen LogP contribution is -2.35. The van der Waals surface area contributed by atoms with E-state index in [4.69, 9.17) is 10.1 Å². The molecule has 1 unspecified atom stereocenters. The van der Waals surface area contributed by atoms with E-state index in [9.17, 15) is 0 Å². The third kappa shape index (κ3) is 1.66. The van der Waals surface area contributed by atoms with Gasteiger partial charge < -0.3 is 9.64 Å². The molecule has 0 amide bonds. The van der Waals surface area contributed by atoms with Crippen LogP contribution in [-0.2, 0) is 6.42 Å². The first-order chi connectivity index (χ1) is 7.83. The number of ether oxygens (including phenoxy) is 1. The maximum atomic E-state index is 7.80. The van der Waals surface area contributed by atoms with Gasteiger partial charge in [-0.2, -0.15) is 0 Å². The summed E-state index contributed by atoms with van der Waals surface area (Å²) in [6.45, 7) is 1.89. The molecule has 3 nitrogen and oxygen atoms in total. The van der Waals surface area contributed by atoms with Crippen molar-refractivity contribution in [3.8, 4) is 5.75 Å². The summed E-state index contributed by atoms with van der Waals surface area (Å²) in [5.74, 6) is 1.80. The van der Waals surface area contributed by atoms with Crippen LogP contribution < -0.4 is 4.74 Å². The van der Waals surface area contributed by atoms with E-state index in [1.807, 2.05) is 12.1 Å². The Kier molecular flexibility index (Phi) is 2.31. The molecule has 1 saturated heterocycles. The second-order valence-corrected chi connectivity index (χ2v) is 4.55. The molecule has 0 aromatic heterocycles. The summed E-state index contributed by atoms with van der Waals surface area (Å²) in [7, 11) is 0. The summed E-state index contributed by atoms with van der Waals surface area (Å²) in [5.41, 5.74) is 1.30. The average molecular weight is 216 g/mol. The summed E-state index contributed by atoms with van der Waals surface area (Å²) < 4.78 is 5.88. The first kappa shape index (κ1) is 9.70. The molecule has 3 rings (SSSR count). The van der Waals surface area contributed by atoms with Crippen molar-refractivity contribution in [2.45, 2.75) is 25.4 Å². The van der Waals surface area contributed by atoms with Crippen LogP contribution in [0.25, 0.3) is 0 Å². The summed E-state index contributed by atoms with van der Waals surface area (Å²) >= 11 is 0. The molecular formula is C13H16N2O.